The Morgan fingerprint density at radius 3 is 2.67 bits per heavy atom. The van der Waals surface area contributed by atoms with E-state index in [1.165, 1.54) is 31.2 Å². The Hall–Kier alpha value is -1.72. The van der Waals surface area contributed by atoms with Crippen LogP contribution in [0.1, 0.15) is 23.2 Å². The third-order valence-corrected chi connectivity index (χ3v) is 3.89. The van der Waals surface area contributed by atoms with E-state index in [9.17, 15) is 9.90 Å². The van der Waals surface area contributed by atoms with Crippen LogP contribution in [0.25, 0.3) is 0 Å². The minimum atomic E-state index is -0.296. The highest BCUT2D eigenvalue weighted by molar-refractivity contribution is 6.37. The van der Waals surface area contributed by atoms with Gasteiger partial charge in [0.2, 0.25) is 0 Å². The first-order valence-electron chi connectivity index (χ1n) is 6.55. The van der Waals surface area contributed by atoms with Crippen molar-refractivity contribution in [3.63, 3.8) is 0 Å². The van der Waals surface area contributed by atoms with Crippen LogP contribution in [-0.4, -0.2) is 20.8 Å². The molecular weight excluding hydrogens is 313 g/mol. The highest BCUT2D eigenvalue weighted by Crippen LogP contribution is 2.34. The summed E-state index contributed by atoms with van der Waals surface area (Å²) in [6.45, 7) is 0.851. The Kier molecular flexibility index (Phi) is 3.78. The largest absolute Gasteiger partial charge is 0.505 e. The summed E-state index contributed by atoms with van der Waals surface area (Å²) < 4.78 is 1.78. The predicted molar refractivity (Wildman–Crippen MR) is 81.0 cm³/mol. The van der Waals surface area contributed by atoms with E-state index in [4.69, 9.17) is 23.2 Å². The van der Waals surface area contributed by atoms with Crippen LogP contribution >= 0.6 is 23.2 Å². The van der Waals surface area contributed by atoms with Gasteiger partial charge in [0.15, 0.2) is 5.75 Å². The molecule has 7 heteroatoms. The molecule has 1 fully saturated rings. The van der Waals surface area contributed by atoms with Gasteiger partial charge < -0.3 is 10.4 Å². The fourth-order valence-corrected chi connectivity index (χ4v) is 2.47. The van der Waals surface area contributed by atoms with Crippen molar-refractivity contribution in [2.24, 2.45) is 5.92 Å². The number of nitrogens with zero attached hydrogens (tertiary/aromatic N) is 2. The summed E-state index contributed by atoms with van der Waals surface area (Å²) in [5.74, 6) is 0.193. The molecule has 1 aliphatic carbocycles. The number of rotatable bonds is 4. The van der Waals surface area contributed by atoms with Crippen molar-refractivity contribution in [2.75, 3.05) is 5.32 Å². The molecule has 3 rings (SSSR count). The lowest BCUT2D eigenvalue weighted by Gasteiger charge is -2.06. The lowest BCUT2D eigenvalue weighted by Crippen LogP contribution is -2.11. The third kappa shape index (κ3) is 3.31. The van der Waals surface area contributed by atoms with Gasteiger partial charge in [0.1, 0.15) is 0 Å². The smallest absolute Gasteiger partial charge is 0.258 e. The standard InChI is InChI=1S/C14H13Cl2N3O2/c15-11-3-10(4-12(16)13(11)20)18-14(21)9-5-17-19(7-9)6-8-1-2-8/h3-5,7-8,20H,1-2,6H2,(H,18,21). The second-order valence-corrected chi connectivity index (χ2v) is 5.95. The van der Waals surface area contributed by atoms with E-state index in [2.05, 4.69) is 10.4 Å². The predicted octanol–water partition coefficient (Wildman–Crippen LogP) is 3.56. The molecule has 0 aliphatic heterocycles. The Labute approximate surface area is 131 Å². The van der Waals surface area contributed by atoms with Crippen molar-refractivity contribution < 1.29 is 9.90 Å². The van der Waals surface area contributed by atoms with Crippen molar-refractivity contribution >= 4 is 34.8 Å². The van der Waals surface area contributed by atoms with Gasteiger partial charge in [-0.2, -0.15) is 5.10 Å². The van der Waals surface area contributed by atoms with Gasteiger partial charge in [-0.3, -0.25) is 9.48 Å². The molecule has 110 valence electrons. The molecule has 0 atom stereocenters. The van der Waals surface area contributed by atoms with Gasteiger partial charge in [-0.1, -0.05) is 23.2 Å². The van der Waals surface area contributed by atoms with Gasteiger partial charge in [0.05, 0.1) is 21.8 Å². The number of carbonyl (C=O) groups excluding carboxylic acids is 1. The lowest BCUT2D eigenvalue weighted by molar-refractivity contribution is 0.102. The molecule has 1 aliphatic rings. The van der Waals surface area contributed by atoms with Crippen LogP contribution in [0.3, 0.4) is 0 Å². The molecule has 1 aromatic heterocycles. The molecule has 1 amide bonds. The van der Waals surface area contributed by atoms with E-state index in [-0.39, 0.29) is 21.7 Å². The highest BCUT2D eigenvalue weighted by Gasteiger charge is 2.22. The number of nitrogens with one attached hydrogen (secondary N) is 1. The molecule has 1 saturated carbocycles. The number of benzene rings is 1. The van der Waals surface area contributed by atoms with Gasteiger partial charge in [-0.25, -0.2) is 0 Å². The highest BCUT2D eigenvalue weighted by atomic mass is 35.5. The molecule has 21 heavy (non-hydrogen) atoms. The Bertz CT molecular complexity index is 672. The molecule has 0 radical (unpaired) electrons. The summed E-state index contributed by atoms with van der Waals surface area (Å²) in [4.78, 5) is 12.1. The molecule has 0 bridgehead atoms. The maximum Gasteiger partial charge on any atom is 0.258 e. The van der Waals surface area contributed by atoms with Crippen LogP contribution in [0.4, 0.5) is 5.69 Å². The van der Waals surface area contributed by atoms with E-state index < -0.39 is 0 Å². The van der Waals surface area contributed by atoms with Crippen molar-refractivity contribution in [3.05, 3.63) is 40.1 Å². The van der Waals surface area contributed by atoms with E-state index in [1.54, 1.807) is 10.9 Å². The van der Waals surface area contributed by atoms with Crippen LogP contribution in [0.2, 0.25) is 10.0 Å². The summed E-state index contributed by atoms with van der Waals surface area (Å²) in [6.07, 6.45) is 5.70. The monoisotopic (exact) mass is 325 g/mol. The first-order chi connectivity index (χ1) is 10.0. The summed E-state index contributed by atoms with van der Waals surface area (Å²) in [7, 11) is 0. The summed E-state index contributed by atoms with van der Waals surface area (Å²) in [6, 6.07) is 2.88. The minimum absolute atomic E-state index is 0.0854. The minimum Gasteiger partial charge on any atom is -0.505 e. The Morgan fingerprint density at radius 1 is 1.38 bits per heavy atom. The Balaban J connectivity index is 1.71. The second-order valence-electron chi connectivity index (χ2n) is 5.14. The number of aromatic nitrogens is 2. The van der Waals surface area contributed by atoms with Gasteiger partial charge >= 0.3 is 0 Å². The number of aromatic hydroxyl groups is 1. The molecule has 0 saturated heterocycles. The van der Waals surface area contributed by atoms with Crippen LogP contribution in [0.15, 0.2) is 24.5 Å². The second kappa shape index (κ2) is 5.58. The maximum absolute atomic E-state index is 12.1. The number of phenolic OH excluding ortho intramolecular Hbond substituents is 1. The van der Waals surface area contributed by atoms with Gasteiger partial charge in [-0.15, -0.1) is 0 Å². The molecule has 1 heterocycles. The van der Waals surface area contributed by atoms with Gasteiger partial charge in [-0.05, 0) is 30.9 Å². The average molecular weight is 326 g/mol. The number of hydrogen-bond donors (Lipinski definition) is 2. The zero-order valence-corrected chi connectivity index (χ0v) is 12.5. The summed E-state index contributed by atoms with van der Waals surface area (Å²) in [5, 5.41) is 16.5. The first-order valence-corrected chi connectivity index (χ1v) is 7.30. The van der Waals surface area contributed by atoms with Crippen LogP contribution < -0.4 is 5.32 Å². The van der Waals surface area contributed by atoms with Crippen LogP contribution in [0, 0.1) is 5.92 Å². The van der Waals surface area contributed by atoms with Crippen LogP contribution in [-0.2, 0) is 6.54 Å². The third-order valence-electron chi connectivity index (χ3n) is 3.31. The van der Waals surface area contributed by atoms with Crippen LogP contribution in [0.5, 0.6) is 5.75 Å². The molecule has 0 spiro atoms. The van der Waals surface area contributed by atoms with Crippen molar-refractivity contribution in [1.29, 1.82) is 0 Å². The van der Waals surface area contributed by atoms with Crippen molar-refractivity contribution in [2.45, 2.75) is 19.4 Å². The molecule has 0 unspecified atom stereocenters. The summed E-state index contributed by atoms with van der Waals surface area (Å²) in [5.41, 5.74) is 0.888. The van der Waals surface area contributed by atoms with Gasteiger partial charge in [0.25, 0.3) is 5.91 Å². The zero-order valence-electron chi connectivity index (χ0n) is 11.0. The first kappa shape index (κ1) is 14.2. The molecule has 1 aromatic carbocycles. The lowest BCUT2D eigenvalue weighted by atomic mass is 10.2. The molecular formula is C14H13Cl2N3O2. The molecule has 2 N–H and O–H groups in total. The normalized spacial score (nSPS) is 14.2. The van der Waals surface area contributed by atoms with Crippen molar-refractivity contribution in [1.82, 2.24) is 9.78 Å². The number of amides is 1. The number of halogens is 2. The Morgan fingerprint density at radius 2 is 2.05 bits per heavy atom. The van der Waals surface area contributed by atoms with Gasteiger partial charge in [0, 0.05) is 18.4 Å². The average Bonchev–Trinajstić information content (AvgIpc) is 3.11. The number of phenols is 1. The SMILES string of the molecule is O=C(Nc1cc(Cl)c(O)c(Cl)c1)c1cnn(CC2CC2)c1. The van der Waals surface area contributed by atoms with Crippen molar-refractivity contribution in [3.8, 4) is 5.75 Å². The van der Waals surface area contributed by atoms with E-state index in [1.807, 2.05) is 0 Å². The number of carbonyl (C=O) groups is 1. The fourth-order valence-electron chi connectivity index (χ4n) is 1.99. The quantitative estimate of drug-likeness (QED) is 0.844. The number of anilines is 1. The van der Waals surface area contributed by atoms with E-state index in [0.717, 1.165) is 6.54 Å². The topological polar surface area (TPSA) is 67.2 Å². The zero-order chi connectivity index (χ0) is 15.0. The van der Waals surface area contributed by atoms with E-state index in [0.29, 0.717) is 17.2 Å². The molecule has 2 aromatic rings. The summed E-state index contributed by atoms with van der Waals surface area (Å²) >= 11 is 11.6. The van der Waals surface area contributed by atoms with E-state index >= 15 is 0 Å². The number of hydrogen-bond acceptors (Lipinski definition) is 3. The fraction of sp³-hybridized carbons (Fsp3) is 0.286. The molecule has 5 nitrogen and oxygen atoms in total. The maximum atomic E-state index is 12.1.